The van der Waals surface area contributed by atoms with Gasteiger partial charge in [0.1, 0.15) is 0 Å². The van der Waals surface area contributed by atoms with Crippen molar-refractivity contribution < 1.29 is 9.90 Å². The average molecular weight is 300 g/mol. The van der Waals surface area contributed by atoms with Gasteiger partial charge in [-0.05, 0) is 45.4 Å². The lowest BCUT2D eigenvalue weighted by Crippen LogP contribution is -2.46. The van der Waals surface area contributed by atoms with E-state index in [0.29, 0.717) is 0 Å². The number of carbonyl (C=O) groups is 1. The summed E-state index contributed by atoms with van der Waals surface area (Å²) in [5.41, 5.74) is 0.560. The predicted molar refractivity (Wildman–Crippen MR) is 72.2 cm³/mol. The van der Waals surface area contributed by atoms with E-state index in [-0.39, 0.29) is 6.04 Å². The highest BCUT2D eigenvalue weighted by molar-refractivity contribution is 9.10. The molecule has 0 unspecified atom stereocenters. The van der Waals surface area contributed by atoms with Crippen LogP contribution in [0.2, 0.25) is 0 Å². The Hall–Kier alpha value is -1.03. The topological polar surface area (TPSA) is 40.5 Å². The Morgan fingerprint density at radius 1 is 1.41 bits per heavy atom. The fourth-order valence-corrected chi connectivity index (χ4v) is 2.37. The van der Waals surface area contributed by atoms with Crippen molar-refractivity contribution in [2.24, 2.45) is 0 Å². The molecular formula is C13H18BrNO2. The van der Waals surface area contributed by atoms with Gasteiger partial charge in [-0.1, -0.05) is 28.1 Å². The predicted octanol–water partition coefficient (Wildman–Crippen LogP) is 4.29. The van der Waals surface area contributed by atoms with Crippen LogP contribution < -0.4 is 0 Å². The smallest absolute Gasteiger partial charge is 0.408 e. The lowest BCUT2D eigenvalue weighted by Gasteiger charge is -2.38. The molecule has 1 aromatic rings. The highest BCUT2D eigenvalue weighted by atomic mass is 79.9. The van der Waals surface area contributed by atoms with Crippen molar-refractivity contribution in [1.29, 1.82) is 0 Å². The van der Waals surface area contributed by atoms with Gasteiger partial charge in [0, 0.05) is 10.0 Å². The molecule has 0 radical (unpaired) electrons. The Balaban J connectivity index is 3.09. The normalized spacial score (nSPS) is 13.2. The highest BCUT2D eigenvalue weighted by Crippen LogP contribution is 2.29. The Bertz CT molecular complexity index is 412. The first-order valence-corrected chi connectivity index (χ1v) is 6.30. The van der Waals surface area contributed by atoms with E-state index in [9.17, 15) is 9.90 Å². The lowest BCUT2D eigenvalue weighted by atomic mass is 10.00. The molecule has 0 spiro atoms. The maximum atomic E-state index is 11.4. The summed E-state index contributed by atoms with van der Waals surface area (Å²) in [5.74, 6) is 0. The van der Waals surface area contributed by atoms with Crippen LogP contribution in [0, 0.1) is 0 Å². The van der Waals surface area contributed by atoms with Crippen molar-refractivity contribution in [3.8, 4) is 0 Å². The number of halogens is 1. The van der Waals surface area contributed by atoms with Gasteiger partial charge >= 0.3 is 6.09 Å². The van der Waals surface area contributed by atoms with Crippen LogP contribution in [0.15, 0.2) is 28.7 Å². The van der Waals surface area contributed by atoms with Crippen molar-refractivity contribution in [3.63, 3.8) is 0 Å². The Morgan fingerprint density at radius 3 is 2.41 bits per heavy atom. The summed E-state index contributed by atoms with van der Waals surface area (Å²) in [7, 11) is 0. The molecule has 4 heteroatoms. The van der Waals surface area contributed by atoms with Gasteiger partial charge in [0.25, 0.3) is 0 Å². The molecule has 0 aliphatic rings. The molecule has 1 atom stereocenters. The number of hydrogen-bond acceptors (Lipinski definition) is 1. The molecule has 0 aromatic heterocycles. The van der Waals surface area contributed by atoms with E-state index in [1.165, 1.54) is 4.90 Å². The van der Waals surface area contributed by atoms with Crippen molar-refractivity contribution in [1.82, 2.24) is 4.90 Å². The Morgan fingerprint density at radius 2 is 2.00 bits per heavy atom. The van der Waals surface area contributed by atoms with E-state index < -0.39 is 11.6 Å². The van der Waals surface area contributed by atoms with Crippen LogP contribution in [-0.2, 0) is 0 Å². The molecule has 1 amide bonds. The second kappa shape index (κ2) is 5.08. The largest absolute Gasteiger partial charge is 0.465 e. The summed E-state index contributed by atoms with van der Waals surface area (Å²) in [6, 6.07) is 7.56. The molecule has 0 aliphatic carbocycles. The summed E-state index contributed by atoms with van der Waals surface area (Å²) in [6.45, 7) is 7.60. The van der Waals surface area contributed by atoms with Gasteiger partial charge in [0.2, 0.25) is 0 Å². The average Bonchev–Trinajstić information content (AvgIpc) is 2.14. The standard InChI is InChI=1S/C13H18BrNO2/c1-9(10-6-5-7-11(14)8-10)15(12(16)17)13(2,3)4/h5-9H,1-4H3,(H,16,17)/t9-/m0/s1. The number of amides is 1. The molecular weight excluding hydrogens is 282 g/mol. The van der Waals surface area contributed by atoms with Gasteiger partial charge in [-0.25, -0.2) is 4.79 Å². The molecule has 17 heavy (non-hydrogen) atoms. The molecule has 1 rings (SSSR count). The number of rotatable bonds is 2. The molecule has 0 saturated heterocycles. The molecule has 0 saturated carbocycles. The van der Waals surface area contributed by atoms with Crippen LogP contribution in [0.3, 0.4) is 0 Å². The third-order valence-electron chi connectivity index (χ3n) is 2.65. The van der Waals surface area contributed by atoms with Crippen LogP contribution >= 0.6 is 15.9 Å². The minimum Gasteiger partial charge on any atom is -0.465 e. The van der Waals surface area contributed by atoms with Crippen molar-refractivity contribution in [2.75, 3.05) is 0 Å². The van der Waals surface area contributed by atoms with Crippen molar-refractivity contribution in [2.45, 2.75) is 39.3 Å². The van der Waals surface area contributed by atoms with Gasteiger partial charge in [0.05, 0.1) is 6.04 Å². The van der Waals surface area contributed by atoms with Gasteiger partial charge in [-0.15, -0.1) is 0 Å². The first-order valence-electron chi connectivity index (χ1n) is 5.51. The second-order valence-electron chi connectivity index (χ2n) is 5.05. The molecule has 0 heterocycles. The zero-order valence-electron chi connectivity index (χ0n) is 10.6. The van der Waals surface area contributed by atoms with Crippen LogP contribution in [0.1, 0.15) is 39.3 Å². The van der Waals surface area contributed by atoms with Gasteiger partial charge in [-0.3, -0.25) is 4.90 Å². The molecule has 0 bridgehead atoms. The third kappa shape index (κ3) is 3.46. The Kier molecular flexibility index (Phi) is 4.20. The fourth-order valence-electron chi connectivity index (χ4n) is 1.95. The minimum absolute atomic E-state index is 0.176. The number of carboxylic acid groups (broad SMARTS) is 1. The maximum Gasteiger partial charge on any atom is 0.408 e. The minimum atomic E-state index is -0.898. The molecule has 94 valence electrons. The number of hydrogen-bond donors (Lipinski definition) is 1. The Labute approximate surface area is 111 Å². The van der Waals surface area contributed by atoms with Crippen LogP contribution in [0.5, 0.6) is 0 Å². The maximum absolute atomic E-state index is 11.4. The molecule has 1 aromatic carbocycles. The van der Waals surface area contributed by atoms with Crippen LogP contribution in [0.4, 0.5) is 4.79 Å². The van der Waals surface area contributed by atoms with Gasteiger partial charge in [0.15, 0.2) is 0 Å². The zero-order chi connectivity index (χ0) is 13.2. The molecule has 0 fully saturated rings. The summed E-state index contributed by atoms with van der Waals surface area (Å²) in [5, 5.41) is 9.32. The SMILES string of the molecule is C[C@@H](c1cccc(Br)c1)N(C(=O)O)C(C)(C)C. The lowest BCUT2D eigenvalue weighted by molar-refractivity contribution is 0.0753. The van der Waals surface area contributed by atoms with E-state index in [0.717, 1.165) is 10.0 Å². The van der Waals surface area contributed by atoms with Crippen LogP contribution in [0.25, 0.3) is 0 Å². The summed E-state index contributed by atoms with van der Waals surface area (Å²) < 4.78 is 0.959. The second-order valence-corrected chi connectivity index (χ2v) is 5.97. The van der Waals surface area contributed by atoms with E-state index in [4.69, 9.17) is 0 Å². The molecule has 0 aliphatic heterocycles. The molecule has 1 N–H and O–H groups in total. The number of benzene rings is 1. The fraction of sp³-hybridized carbons (Fsp3) is 0.462. The van der Waals surface area contributed by atoms with Crippen LogP contribution in [-0.4, -0.2) is 21.6 Å². The third-order valence-corrected chi connectivity index (χ3v) is 3.14. The zero-order valence-corrected chi connectivity index (χ0v) is 12.2. The first kappa shape index (κ1) is 14.0. The van der Waals surface area contributed by atoms with E-state index in [1.807, 2.05) is 52.0 Å². The highest BCUT2D eigenvalue weighted by Gasteiger charge is 2.31. The molecule has 3 nitrogen and oxygen atoms in total. The summed E-state index contributed by atoms with van der Waals surface area (Å²) in [6.07, 6.45) is -0.898. The first-order chi connectivity index (χ1) is 7.73. The van der Waals surface area contributed by atoms with Crippen molar-refractivity contribution >= 4 is 22.0 Å². The number of nitrogens with zero attached hydrogens (tertiary/aromatic N) is 1. The van der Waals surface area contributed by atoms with Crippen molar-refractivity contribution in [3.05, 3.63) is 34.3 Å². The van der Waals surface area contributed by atoms with Gasteiger partial charge in [-0.2, -0.15) is 0 Å². The van der Waals surface area contributed by atoms with Gasteiger partial charge < -0.3 is 5.11 Å². The summed E-state index contributed by atoms with van der Waals surface area (Å²) >= 11 is 3.40. The van der Waals surface area contributed by atoms with E-state index in [2.05, 4.69) is 15.9 Å². The summed E-state index contributed by atoms with van der Waals surface area (Å²) in [4.78, 5) is 12.8. The van der Waals surface area contributed by atoms with E-state index >= 15 is 0 Å². The monoisotopic (exact) mass is 299 g/mol. The quantitative estimate of drug-likeness (QED) is 0.885. The van der Waals surface area contributed by atoms with E-state index in [1.54, 1.807) is 0 Å².